The summed E-state index contributed by atoms with van der Waals surface area (Å²) in [5.41, 5.74) is 0.222. The van der Waals surface area contributed by atoms with Crippen LogP contribution in [-0.2, 0) is 4.74 Å². The van der Waals surface area contributed by atoms with E-state index in [9.17, 15) is 0 Å². The van der Waals surface area contributed by atoms with E-state index in [1.165, 1.54) is 0 Å². The molecule has 2 nitrogen and oxygen atoms in total. The first-order chi connectivity index (χ1) is 5.00. The lowest BCUT2D eigenvalue weighted by molar-refractivity contribution is -0.0962. The summed E-state index contributed by atoms with van der Waals surface area (Å²) >= 11 is 0. The SMILES string of the molecule is CC(C)(C)C1CCC(O)CO1. The summed E-state index contributed by atoms with van der Waals surface area (Å²) in [5, 5.41) is 9.17. The van der Waals surface area contributed by atoms with E-state index in [0.717, 1.165) is 12.8 Å². The molecule has 2 unspecified atom stereocenters. The molecule has 0 aromatic heterocycles. The molecule has 66 valence electrons. The molecule has 0 bridgehead atoms. The lowest BCUT2D eigenvalue weighted by Crippen LogP contribution is -2.37. The zero-order valence-electron chi connectivity index (χ0n) is 7.63. The van der Waals surface area contributed by atoms with E-state index in [0.29, 0.717) is 12.7 Å². The highest BCUT2D eigenvalue weighted by Crippen LogP contribution is 2.29. The molecule has 1 aliphatic rings. The van der Waals surface area contributed by atoms with E-state index in [4.69, 9.17) is 9.84 Å². The van der Waals surface area contributed by atoms with Gasteiger partial charge in [-0.2, -0.15) is 0 Å². The van der Waals surface area contributed by atoms with Crippen LogP contribution in [0.4, 0.5) is 0 Å². The van der Waals surface area contributed by atoms with Crippen molar-refractivity contribution in [3.05, 3.63) is 0 Å². The third kappa shape index (κ3) is 2.46. The van der Waals surface area contributed by atoms with E-state index >= 15 is 0 Å². The van der Waals surface area contributed by atoms with Gasteiger partial charge in [-0.25, -0.2) is 0 Å². The predicted octanol–water partition coefficient (Wildman–Crippen LogP) is 1.57. The third-order valence-electron chi connectivity index (χ3n) is 2.22. The Bertz CT molecular complexity index is 118. The molecule has 0 amide bonds. The topological polar surface area (TPSA) is 29.5 Å². The van der Waals surface area contributed by atoms with E-state index < -0.39 is 0 Å². The van der Waals surface area contributed by atoms with Gasteiger partial charge in [-0.1, -0.05) is 20.8 Å². The second kappa shape index (κ2) is 3.11. The predicted molar refractivity (Wildman–Crippen MR) is 44.4 cm³/mol. The fourth-order valence-corrected chi connectivity index (χ4v) is 1.42. The second-order valence-electron chi connectivity index (χ2n) is 4.42. The normalized spacial score (nSPS) is 33.8. The molecule has 0 aromatic rings. The van der Waals surface area contributed by atoms with Crippen LogP contribution < -0.4 is 0 Å². The largest absolute Gasteiger partial charge is 0.391 e. The van der Waals surface area contributed by atoms with Crippen LogP contribution >= 0.6 is 0 Å². The molecule has 11 heavy (non-hydrogen) atoms. The standard InChI is InChI=1S/C9H18O2/c1-9(2,3)8-5-4-7(10)6-11-8/h7-8,10H,4-6H2,1-3H3. The van der Waals surface area contributed by atoms with Gasteiger partial charge in [0, 0.05) is 0 Å². The molecule has 2 atom stereocenters. The zero-order valence-corrected chi connectivity index (χ0v) is 7.63. The Balaban J connectivity index is 2.39. The van der Waals surface area contributed by atoms with E-state index in [-0.39, 0.29) is 11.5 Å². The lowest BCUT2D eigenvalue weighted by Gasteiger charge is -2.35. The van der Waals surface area contributed by atoms with Gasteiger partial charge in [-0.3, -0.25) is 0 Å². The molecule has 2 heteroatoms. The number of rotatable bonds is 0. The van der Waals surface area contributed by atoms with Gasteiger partial charge in [0.25, 0.3) is 0 Å². The quantitative estimate of drug-likeness (QED) is 0.580. The summed E-state index contributed by atoms with van der Waals surface area (Å²) in [5.74, 6) is 0. The molecule has 1 heterocycles. The van der Waals surface area contributed by atoms with Gasteiger partial charge in [0.1, 0.15) is 0 Å². The van der Waals surface area contributed by atoms with Crippen LogP contribution in [0.2, 0.25) is 0 Å². The van der Waals surface area contributed by atoms with E-state index in [2.05, 4.69) is 20.8 Å². The van der Waals surface area contributed by atoms with Crippen LogP contribution in [0.1, 0.15) is 33.6 Å². The van der Waals surface area contributed by atoms with Crippen LogP contribution in [0.25, 0.3) is 0 Å². The molecular weight excluding hydrogens is 140 g/mol. The average molecular weight is 158 g/mol. The molecule has 1 fully saturated rings. The summed E-state index contributed by atoms with van der Waals surface area (Å²) in [7, 11) is 0. The summed E-state index contributed by atoms with van der Waals surface area (Å²) < 4.78 is 5.50. The molecule has 0 spiro atoms. The fourth-order valence-electron chi connectivity index (χ4n) is 1.42. The maximum absolute atomic E-state index is 9.17. The number of aliphatic hydroxyl groups excluding tert-OH is 1. The highest BCUT2D eigenvalue weighted by atomic mass is 16.5. The van der Waals surface area contributed by atoms with Crippen molar-refractivity contribution >= 4 is 0 Å². The van der Waals surface area contributed by atoms with Crippen LogP contribution in [0, 0.1) is 5.41 Å². The van der Waals surface area contributed by atoms with Crippen molar-refractivity contribution < 1.29 is 9.84 Å². The minimum Gasteiger partial charge on any atom is -0.391 e. The van der Waals surface area contributed by atoms with Gasteiger partial charge in [0.05, 0.1) is 18.8 Å². The van der Waals surface area contributed by atoms with Crippen molar-refractivity contribution in [1.29, 1.82) is 0 Å². The zero-order chi connectivity index (χ0) is 8.48. The molecule has 1 rings (SSSR count). The monoisotopic (exact) mass is 158 g/mol. The fraction of sp³-hybridized carbons (Fsp3) is 1.00. The molecular formula is C9H18O2. The minimum atomic E-state index is -0.228. The molecule has 1 saturated heterocycles. The van der Waals surface area contributed by atoms with Crippen molar-refractivity contribution in [3.8, 4) is 0 Å². The Morgan fingerprint density at radius 1 is 1.27 bits per heavy atom. The summed E-state index contributed by atoms with van der Waals surface area (Å²) in [4.78, 5) is 0. The van der Waals surface area contributed by atoms with Gasteiger partial charge in [-0.15, -0.1) is 0 Å². The van der Waals surface area contributed by atoms with E-state index in [1.54, 1.807) is 0 Å². The maximum Gasteiger partial charge on any atom is 0.0774 e. The van der Waals surface area contributed by atoms with Crippen molar-refractivity contribution in [3.63, 3.8) is 0 Å². The lowest BCUT2D eigenvalue weighted by atomic mass is 9.84. The van der Waals surface area contributed by atoms with Crippen LogP contribution in [0.15, 0.2) is 0 Å². The van der Waals surface area contributed by atoms with E-state index in [1.807, 2.05) is 0 Å². The Labute approximate surface area is 68.6 Å². The molecule has 1 aliphatic heterocycles. The van der Waals surface area contributed by atoms with Crippen molar-refractivity contribution in [2.24, 2.45) is 5.41 Å². The molecule has 0 aromatic carbocycles. The van der Waals surface area contributed by atoms with Crippen molar-refractivity contribution in [2.75, 3.05) is 6.61 Å². The Hall–Kier alpha value is -0.0800. The summed E-state index contributed by atoms with van der Waals surface area (Å²) in [6.07, 6.45) is 1.98. The van der Waals surface area contributed by atoms with Crippen molar-refractivity contribution in [1.82, 2.24) is 0 Å². The van der Waals surface area contributed by atoms with Crippen LogP contribution in [0.5, 0.6) is 0 Å². The van der Waals surface area contributed by atoms with Gasteiger partial charge in [-0.05, 0) is 18.3 Å². The molecule has 0 saturated carbocycles. The Morgan fingerprint density at radius 2 is 1.91 bits per heavy atom. The second-order valence-corrected chi connectivity index (χ2v) is 4.42. The van der Waals surface area contributed by atoms with Crippen LogP contribution in [-0.4, -0.2) is 23.9 Å². The summed E-state index contributed by atoms with van der Waals surface area (Å²) in [6, 6.07) is 0. The van der Waals surface area contributed by atoms with Gasteiger partial charge in [0.15, 0.2) is 0 Å². The van der Waals surface area contributed by atoms with Crippen LogP contribution in [0.3, 0.4) is 0 Å². The smallest absolute Gasteiger partial charge is 0.0774 e. The highest BCUT2D eigenvalue weighted by Gasteiger charge is 2.29. The molecule has 1 N–H and O–H groups in total. The number of aliphatic hydroxyl groups is 1. The van der Waals surface area contributed by atoms with Gasteiger partial charge >= 0.3 is 0 Å². The Morgan fingerprint density at radius 3 is 2.27 bits per heavy atom. The van der Waals surface area contributed by atoms with Gasteiger partial charge < -0.3 is 9.84 Å². The highest BCUT2D eigenvalue weighted by molar-refractivity contribution is 4.79. The first-order valence-corrected chi connectivity index (χ1v) is 4.30. The minimum absolute atomic E-state index is 0.222. The molecule has 0 aliphatic carbocycles. The number of hydrogen-bond acceptors (Lipinski definition) is 2. The molecule has 0 radical (unpaired) electrons. The maximum atomic E-state index is 9.17. The first-order valence-electron chi connectivity index (χ1n) is 4.30. The Kier molecular flexibility index (Phi) is 2.55. The average Bonchev–Trinajstić information content (AvgIpc) is 1.86. The number of hydrogen-bond donors (Lipinski definition) is 1. The first kappa shape index (κ1) is 9.01. The third-order valence-corrected chi connectivity index (χ3v) is 2.22. The van der Waals surface area contributed by atoms with Crippen molar-refractivity contribution in [2.45, 2.75) is 45.8 Å². The number of ether oxygens (including phenoxy) is 1. The van der Waals surface area contributed by atoms with Gasteiger partial charge in [0.2, 0.25) is 0 Å². The summed E-state index contributed by atoms with van der Waals surface area (Å²) in [6.45, 7) is 7.04.